The molecule has 7 heteroatoms. The highest BCUT2D eigenvalue weighted by molar-refractivity contribution is 7.72. The molecule has 0 amide bonds. The fraction of sp³-hybridized carbons (Fsp3) is 0.143. The van der Waals surface area contributed by atoms with Crippen molar-refractivity contribution >= 4 is 15.0 Å². The van der Waals surface area contributed by atoms with Crippen molar-refractivity contribution in [1.82, 2.24) is 4.86 Å². The van der Waals surface area contributed by atoms with Crippen molar-refractivity contribution in [2.24, 2.45) is 0 Å². The number of nitrogens with one attached hydrogen (secondary N) is 1. The number of benzene rings is 2. The second-order valence-electron chi connectivity index (χ2n) is 4.60. The summed E-state index contributed by atoms with van der Waals surface area (Å²) in [6, 6.07) is 17.4. The molecule has 21 heavy (non-hydrogen) atoms. The maximum absolute atomic E-state index is 12.4. The summed E-state index contributed by atoms with van der Waals surface area (Å²) in [5.74, 6) is 0.881. The zero-order valence-electron chi connectivity index (χ0n) is 11.8. The minimum absolute atomic E-state index is 0.440. The molecule has 0 bridgehead atoms. The van der Waals surface area contributed by atoms with Crippen LogP contribution in [0.2, 0.25) is 0 Å². The van der Waals surface area contributed by atoms with Crippen molar-refractivity contribution in [3.8, 4) is 11.5 Å². The van der Waals surface area contributed by atoms with Crippen molar-refractivity contribution in [2.45, 2.75) is 0 Å². The summed E-state index contributed by atoms with van der Waals surface area (Å²) in [5.41, 5.74) is 0. The van der Waals surface area contributed by atoms with Crippen LogP contribution in [0.3, 0.4) is 0 Å². The Morgan fingerprint density at radius 2 is 1.05 bits per heavy atom. The highest BCUT2D eigenvalue weighted by Gasteiger charge is 2.29. The van der Waals surface area contributed by atoms with Gasteiger partial charge in [0.2, 0.25) is 0 Å². The number of hydrogen-bond acceptors (Lipinski definition) is 4. The van der Waals surface area contributed by atoms with Gasteiger partial charge < -0.3 is 9.05 Å². The number of para-hydroxylation sites is 2. The summed E-state index contributed by atoms with van der Waals surface area (Å²) in [6.45, 7) is 2.73. The van der Waals surface area contributed by atoms with Gasteiger partial charge in [-0.3, -0.25) is 9.13 Å². The van der Waals surface area contributed by atoms with Crippen LogP contribution in [0, 0.1) is 0 Å². The summed E-state index contributed by atoms with van der Waals surface area (Å²) in [4.78, 5) is 2.50. The van der Waals surface area contributed by atoms with Gasteiger partial charge in [0.05, 0.1) is 0 Å². The minimum atomic E-state index is -3.31. The van der Waals surface area contributed by atoms with Crippen LogP contribution < -0.4 is 13.9 Å². The van der Waals surface area contributed by atoms with E-state index in [0.29, 0.717) is 11.5 Å². The smallest absolute Gasteiger partial charge is 0.321 e. The summed E-state index contributed by atoms with van der Waals surface area (Å²) in [6.07, 6.45) is 0. The minimum Gasteiger partial charge on any atom is -0.433 e. The lowest BCUT2D eigenvalue weighted by Gasteiger charge is -2.21. The van der Waals surface area contributed by atoms with Gasteiger partial charge in [-0.15, -0.1) is 0 Å². The highest BCUT2D eigenvalue weighted by Crippen LogP contribution is 2.52. The van der Waals surface area contributed by atoms with Crippen LogP contribution >= 0.6 is 15.0 Å². The second-order valence-corrected chi connectivity index (χ2v) is 9.15. The first-order valence-electron chi connectivity index (χ1n) is 6.30. The predicted octanol–water partition coefficient (Wildman–Crippen LogP) is 4.38. The van der Waals surface area contributed by atoms with Crippen molar-refractivity contribution in [2.75, 3.05) is 13.3 Å². The van der Waals surface area contributed by atoms with Crippen LogP contribution in [0.1, 0.15) is 0 Å². The van der Waals surface area contributed by atoms with Gasteiger partial charge in [-0.25, -0.2) is 0 Å². The van der Waals surface area contributed by atoms with Crippen LogP contribution in [0.15, 0.2) is 60.7 Å². The van der Waals surface area contributed by atoms with E-state index in [1.807, 2.05) is 12.1 Å². The molecule has 0 saturated heterocycles. The summed E-state index contributed by atoms with van der Waals surface area (Å²) in [7, 11) is -6.62. The van der Waals surface area contributed by atoms with Gasteiger partial charge in [-0.05, 0) is 24.3 Å². The third-order valence-electron chi connectivity index (χ3n) is 2.41. The van der Waals surface area contributed by atoms with Gasteiger partial charge in [0.1, 0.15) is 11.5 Å². The largest absolute Gasteiger partial charge is 0.433 e. The average molecular weight is 325 g/mol. The Bertz CT molecular complexity index is 616. The van der Waals surface area contributed by atoms with Crippen molar-refractivity contribution in [1.29, 1.82) is 0 Å². The van der Waals surface area contributed by atoms with Gasteiger partial charge in [0.15, 0.2) is 0 Å². The molecule has 0 spiro atoms. The fourth-order valence-electron chi connectivity index (χ4n) is 1.74. The van der Waals surface area contributed by atoms with E-state index in [1.54, 1.807) is 48.5 Å². The van der Waals surface area contributed by atoms with Crippen molar-refractivity contribution in [3.63, 3.8) is 0 Å². The molecule has 0 heterocycles. The van der Waals surface area contributed by atoms with E-state index in [-0.39, 0.29) is 0 Å². The van der Waals surface area contributed by atoms with Gasteiger partial charge in [-0.1, -0.05) is 36.4 Å². The maximum Gasteiger partial charge on any atom is 0.321 e. The Balaban J connectivity index is 2.04. The van der Waals surface area contributed by atoms with Crippen molar-refractivity contribution < 1.29 is 18.2 Å². The molecule has 2 atom stereocenters. The Morgan fingerprint density at radius 3 is 1.38 bits per heavy atom. The molecule has 0 fully saturated rings. The molecule has 0 aliphatic heterocycles. The first-order valence-corrected chi connectivity index (χ1v) is 10.4. The molecule has 0 aliphatic carbocycles. The second kappa shape index (κ2) is 6.48. The van der Waals surface area contributed by atoms with Crippen molar-refractivity contribution in [3.05, 3.63) is 60.7 Å². The predicted molar refractivity (Wildman–Crippen MR) is 84.3 cm³/mol. The Morgan fingerprint density at radius 1 is 0.714 bits per heavy atom. The van der Waals surface area contributed by atoms with E-state index in [0.717, 1.165) is 0 Å². The lowest BCUT2D eigenvalue weighted by Crippen LogP contribution is -2.13. The summed E-state index contributed by atoms with van der Waals surface area (Å²) >= 11 is 0. The number of rotatable bonds is 6. The van der Waals surface area contributed by atoms with E-state index in [1.165, 1.54) is 13.3 Å². The average Bonchev–Trinajstić information content (AvgIpc) is 2.38. The molecular formula is C14H17NO4P2. The molecule has 112 valence electrons. The molecule has 0 radical (unpaired) electrons. The zero-order valence-corrected chi connectivity index (χ0v) is 13.6. The van der Waals surface area contributed by atoms with Crippen LogP contribution in [-0.4, -0.2) is 13.3 Å². The topological polar surface area (TPSA) is 64.6 Å². The lowest BCUT2D eigenvalue weighted by molar-refractivity contribution is 0.462. The first-order chi connectivity index (χ1) is 9.86. The maximum atomic E-state index is 12.4. The third-order valence-corrected chi connectivity index (χ3v) is 6.43. The summed E-state index contributed by atoms with van der Waals surface area (Å²) in [5, 5.41) is 0. The lowest BCUT2D eigenvalue weighted by atomic mass is 10.3. The van der Waals surface area contributed by atoms with Gasteiger partial charge in [-0.2, -0.15) is 4.86 Å². The Kier molecular flexibility index (Phi) is 4.89. The van der Waals surface area contributed by atoms with Crippen LogP contribution in [-0.2, 0) is 9.13 Å². The quantitative estimate of drug-likeness (QED) is 0.799. The monoisotopic (exact) mass is 325 g/mol. The van der Waals surface area contributed by atoms with E-state index >= 15 is 0 Å². The summed E-state index contributed by atoms with van der Waals surface area (Å²) < 4.78 is 35.5. The molecule has 0 aliphatic rings. The third kappa shape index (κ3) is 5.39. The van der Waals surface area contributed by atoms with E-state index in [2.05, 4.69) is 4.86 Å². The van der Waals surface area contributed by atoms with Crippen LogP contribution in [0.25, 0.3) is 0 Å². The number of hydrogen-bond donors (Lipinski definition) is 1. The highest BCUT2D eigenvalue weighted by atomic mass is 31.2. The normalized spacial score (nSPS) is 16.5. The molecule has 2 unspecified atom stereocenters. The molecule has 2 aromatic rings. The molecule has 2 rings (SSSR count). The molecule has 2 aromatic carbocycles. The standard InChI is InChI=1S/C14H17NO4P2/c1-20(16,18-13-9-5-3-6-10-13)15-21(2,17)19-14-11-7-4-8-12-14/h3-12H,1-2H3,(H,15,16,17). The zero-order chi connectivity index (χ0) is 15.3. The van der Waals surface area contributed by atoms with E-state index in [9.17, 15) is 9.13 Å². The molecular weight excluding hydrogens is 308 g/mol. The fourth-order valence-corrected chi connectivity index (χ4v) is 5.75. The molecule has 0 saturated carbocycles. The molecule has 5 nitrogen and oxygen atoms in total. The van der Waals surface area contributed by atoms with Gasteiger partial charge in [0.25, 0.3) is 0 Å². The Hall–Kier alpha value is -1.54. The van der Waals surface area contributed by atoms with Crippen LogP contribution in [0.4, 0.5) is 0 Å². The van der Waals surface area contributed by atoms with Gasteiger partial charge in [0, 0.05) is 13.3 Å². The van der Waals surface area contributed by atoms with Crippen LogP contribution in [0.5, 0.6) is 11.5 Å². The van der Waals surface area contributed by atoms with Gasteiger partial charge >= 0.3 is 15.0 Å². The molecule has 0 aromatic heterocycles. The van der Waals surface area contributed by atoms with E-state index < -0.39 is 15.0 Å². The van der Waals surface area contributed by atoms with E-state index in [4.69, 9.17) is 9.05 Å². The first kappa shape index (κ1) is 15.8. The Labute approximate surface area is 124 Å². The SMILES string of the molecule is CP(=O)(NP(C)(=O)Oc1ccccc1)Oc1ccccc1. The molecule has 1 N–H and O–H groups in total.